The van der Waals surface area contributed by atoms with Crippen LogP contribution in [0.1, 0.15) is 0 Å². The van der Waals surface area contributed by atoms with Crippen LogP contribution in [0.4, 0.5) is 0 Å². The Morgan fingerprint density at radius 2 is 2.38 bits per heavy atom. The van der Waals surface area contributed by atoms with Crippen LogP contribution in [0.3, 0.4) is 0 Å². The number of rotatable bonds is 2. The summed E-state index contributed by atoms with van der Waals surface area (Å²) in [6, 6.07) is 0. The molecule has 0 fully saturated rings. The van der Waals surface area contributed by atoms with Gasteiger partial charge in [0.2, 0.25) is 0 Å². The number of nitrogens with one attached hydrogen (secondary N) is 1. The number of hydrogen-bond donors (Lipinski definition) is 1. The van der Waals surface area contributed by atoms with Crippen molar-refractivity contribution in [3.8, 4) is 0 Å². The van der Waals surface area contributed by atoms with Gasteiger partial charge in [-0.05, 0) is 0 Å². The van der Waals surface area contributed by atoms with Crippen molar-refractivity contribution in [3.63, 3.8) is 0 Å². The topological polar surface area (TPSA) is 72.2 Å². The minimum absolute atomic E-state index is 0.388. The molecule has 0 radical (unpaired) electrons. The lowest BCUT2D eigenvalue weighted by atomic mass is 10.8. The summed E-state index contributed by atoms with van der Waals surface area (Å²) >= 11 is 4.88. The Kier molecular flexibility index (Phi) is 2.86. The second-order valence-corrected chi connectivity index (χ2v) is 1.19. The van der Waals surface area contributed by atoms with Gasteiger partial charge in [-0.15, -0.1) is 11.6 Å². The third-order valence-corrected chi connectivity index (χ3v) is 0.580. The molecule has 0 aliphatic heterocycles. The number of hydrazine groups is 1. The van der Waals surface area contributed by atoms with Crippen LogP contribution >= 0.6 is 11.6 Å². The summed E-state index contributed by atoms with van der Waals surface area (Å²) in [5.74, 6) is -1.20. The monoisotopic (exact) mass is 138 g/mol. The van der Waals surface area contributed by atoms with E-state index in [2.05, 4.69) is 0 Å². The normalized spacial score (nSPS) is 8.12. The van der Waals surface area contributed by atoms with Gasteiger partial charge in [-0.2, -0.15) is 0 Å². The van der Waals surface area contributed by atoms with E-state index in [4.69, 9.17) is 11.6 Å². The van der Waals surface area contributed by atoms with Crippen molar-refractivity contribution in [3.05, 3.63) is 10.1 Å². The molecule has 0 aromatic heterocycles. The first-order valence-electron chi connectivity index (χ1n) is 1.66. The molecule has 5 nitrogen and oxygen atoms in total. The second kappa shape index (κ2) is 3.20. The van der Waals surface area contributed by atoms with Gasteiger partial charge in [0.1, 0.15) is 5.88 Å². The summed E-state index contributed by atoms with van der Waals surface area (Å²) in [5, 5.41) is 8.43. The first-order chi connectivity index (χ1) is 3.66. The summed E-state index contributed by atoms with van der Waals surface area (Å²) in [4.78, 5) is 19.3. The lowest BCUT2D eigenvalue weighted by molar-refractivity contribution is -0.529. The predicted molar refractivity (Wildman–Crippen MR) is 25.9 cm³/mol. The summed E-state index contributed by atoms with van der Waals surface area (Å²) in [7, 11) is 0. The van der Waals surface area contributed by atoms with Gasteiger partial charge in [0.05, 0.1) is 0 Å². The molecule has 0 atom stereocenters. The molecule has 8 heavy (non-hydrogen) atoms. The Morgan fingerprint density at radius 3 is 2.50 bits per heavy atom. The number of halogens is 1. The number of hydrogen-bond acceptors (Lipinski definition) is 3. The van der Waals surface area contributed by atoms with Gasteiger partial charge in [-0.1, -0.05) is 5.43 Å². The largest absolute Gasteiger partial charge is 0.295 e. The molecule has 0 saturated heterocycles. The highest BCUT2D eigenvalue weighted by molar-refractivity contribution is 6.27. The fourth-order valence-corrected chi connectivity index (χ4v) is 0.191. The minimum Gasteiger partial charge on any atom is -0.268 e. The van der Waals surface area contributed by atoms with Crippen molar-refractivity contribution >= 4 is 17.5 Å². The summed E-state index contributed by atoms with van der Waals surface area (Å²) < 4.78 is 0. The molecule has 0 spiro atoms. The van der Waals surface area contributed by atoms with Crippen molar-refractivity contribution < 1.29 is 9.83 Å². The van der Waals surface area contributed by atoms with Crippen LogP contribution in [0.2, 0.25) is 0 Å². The number of carbonyl (C=O) groups excluding carboxylic acids is 1. The van der Waals surface area contributed by atoms with Crippen LogP contribution in [-0.4, -0.2) is 16.8 Å². The fourth-order valence-electron chi connectivity index (χ4n) is 0.132. The van der Waals surface area contributed by atoms with Crippen LogP contribution in [0.5, 0.6) is 0 Å². The van der Waals surface area contributed by atoms with Gasteiger partial charge in [0, 0.05) is 0 Å². The molecule has 0 rings (SSSR count). The number of nitro groups is 1. The standard InChI is InChI=1S/C2H3ClN2O3/c3-1-2(6)4-5(7)8/h1H2,(H,4,6). The van der Waals surface area contributed by atoms with E-state index in [0.29, 0.717) is 0 Å². The van der Waals surface area contributed by atoms with E-state index in [1.807, 2.05) is 0 Å². The molecule has 0 heterocycles. The molecule has 6 heteroatoms. The molecule has 0 bridgehead atoms. The van der Waals surface area contributed by atoms with Gasteiger partial charge in [0.25, 0.3) is 5.91 Å². The van der Waals surface area contributed by atoms with Crippen LogP contribution in [0.25, 0.3) is 0 Å². The van der Waals surface area contributed by atoms with E-state index in [1.165, 1.54) is 5.43 Å². The molecule has 0 unspecified atom stereocenters. The highest BCUT2D eigenvalue weighted by Gasteiger charge is 2.02. The maximum absolute atomic E-state index is 9.94. The first-order valence-corrected chi connectivity index (χ1v) is 2.20. The van der Waals surface area contributed by atoms with Gasteiger partial charge in [0.15, 0.2) is 5.03 Å². The number of amides is 1. The number of alkyl halides is 1. The maximum atomic E-state index is 9.94. The highest BCUT2D eigenvalue weighted by atomic mass is 35.5. The highest BCUT2D eigenvalue weighted by Crippen LogP contribution is 1.71. The summed E-state index contributed by atoms with van der Waals surface area (Å²) in [6.45, 7) is 0. The molecule has 46 valence electrons. The molecule has 1 amide bonds. The van der Waals surface area contributed by atoms with Crippen LogP contribution < -0.4 is 5.43 Å². The first kappa shape index (κ1) is 7.16. The molecule has 0 aromatic rings. The Balaban J connectivity index is 3.40. The predicted octanol–water partition coefficient (Wildman–Crippen LogP) is -0.467. The quantitative estimate of drug-likeness (QED) is 0.319. The molecule has 1 N–H and O–H groups in total. The van der Waals surface area contributed by atoms with Gasteiger partial charge >= 0.3 is 0 Å². The minimum atomic E-state index is -0.954. The maximum Gasteiger partial charge on any atom is 0.295 e. The van der Waals surface area contributed by atoms with E-state index in [9.17, 15) is 14.9 Å². The van der Waals surface area contributed by atoms with E-state index < -0.39 is 10.9 Å². The molecule has 0 saturated carbocycles. The van der Waals surface area contributed by atoms with E-state index in [-0.39, 0.29) is 5.88 Å². The summed E-state index contributed by atoms with van der Waals surface area (Å²) in [6.07, 6.45) is 0. The average Bonchev–Trinajstić information content (AvgIpc) is 1.65. The molecule has 0 aromatic carbocycles. The third kappa shape index (κ3) is 3.35. The van der Waals surface area contributed by atoms with Crippen molar-refractivity contribution in [1.82, 2.24) is 5.43 Å². The Labute approximate surface area is 49.7 Å². The zero-order valence-electron chi connectivity index (χ0n) is 3.76. The van der Waals surface area contributed by atoms with E-state index in [1.54, 1.807) is 0 Å². The third-order valence-electron chi connectivity index (χ3n) is 0.337. The van der Waals surface area contributed by atoms with Gasteiger partial charge in [-0.3, -0.25) is 4.79 Å². The van der Waals surface area contributed by atoms with E-state index in [0.717, 1.165) is 0 Å². The lowest BCUT2D eigenvalue weighted by Gasteiger charge is -1.86. The fraction of sp³-hybridized carbons (Fsp3) is 0.500. The van der Waals surface area contributed by atoms with Crippen molar-refractivity contribution in [2.45, 2.75) is 0 Å². The molecular weight excluding hydrogens is 135 g/mol. The zero-order chi connectivity index (χ0) is 6.57. The Hall–Kier alpha value is -0.840. The van der Waals surface area contributed by atoms with E-state index >= 15 is 0 Å². The van der Waals surface area contributed by atoms with Crippen molar-refractivity contribution in [1.29, 1.82) is 0 Å². The second-order valence-electron chi connectivity index (χ2n) is 0.926. The Morgan fingerprint density at radius 1 is 1.88 bits per heavy atom. The van der Waals surface area contributed by atoms with Crippen LogP contribution in [0, 0.1) is 10.1 Å². The van der Waals surface area contributed by atoms with Gasteiger partial charge in [-0.25, -0.2) is 10.1 Å². The number of carbonyl (C=O) groups is 1. The van der Waals surface area contributed by atoms with Crippen molar-refractivity contribution in [2.24, 2.45) is 0 Å². The van der Waals surface area contributed by atoms with Crippen LogP contribution in [0.15, 0.2) is 0 Å². The van der Waals surface area contributed by atoms with Crippen LogP contribution in [-0.2, 0) is 4.79 Å². The Bertz CT molecular complexity index is 114. The number of nitrogens with zero attached hydrogens (tertiary/aromatic N) is 1. The molecule has 0 aliphatic rings. The lowest BCUT2D eigenvalue weighted by Crippen LogP contribution is -2.29. The zero-order valence-corrected chi connectivity index (χ0v) is 4.51. The smallest absolute Gasteiger partial charge is 0.268 e. The molecule has 0 aliphatic carbocycles. The SMILES string of the molecule is O=C(CCl)N[N+](=O)[O-]. The van der Waals surface area contributed by atoms with Gasteiger partial charge < -0.3 is 0 Å². The van der Waals surface area contributed by atoms with Crippen molar-refractivity contribution in [2.75, 3.05) is 5.88 Å². The molecular formula is C2H3ClN2O3. The average molecular weight is 139 g/mol. The summed E-state index contributed by atoms with van der Waals surface area (Å²) in [5.41, 5.74) is 1.34.